The molecule has 3 aromatic heterocycles. The van der Waals surface area contributed by atoms with Gasteiger partial charge in [0.1, 0.15) is 68.6 Å². The molecule has 5 heterocycles. The average molecular weight is 1080 g/mol. The molecule has 12 nitrogen and oxygen atoms in total. The summed E-state index contributed by atoms with van der Waals surface area (Å²) in [5.41, 5.74) is 4.57. The van der Waals surface area contributed by atoms with E-state index in [1.165, 1.54) is 0 Å². The van der Waals surface area contributed by atoms with Crippen molar-refractivity contribution in [3.05, 3.63) is 243 Å². The van der Waals surface area contributed by atoms with E-state index in [1.54, 1.807) is 0 Å². The van der Waals surface area contributed by atoms with Crippen LogP contribution in [0.25, 0.3) is 133 Å². The molecule has 12 heteroatoms. The molecular weight excluding hydrogens is 1040 g/mol. The van der Waals surface area contributed by atoms with Crippen molar-refractivity contribution in [1.82, 2.24) is 39.9 Å². The van der Waals surface area contributed by atoms with Gasteiger partial charge in [0.2, 0.25) is 0 Å². The highest BCUT2D eigenvalue weighted by atomic mass is 16.5. The molecule has 0 aliphatic carbocycles. The fourth-order valence-electron chi connectivity index (χ4n) is 11.6. The van der Waals surface area contributed by atoms with Crippen molar-refractivity contribution in [3.63, 3.8) is 0 Å². The summed E-state index contributed by atoms with van der Waals surface area (Å²) in [5.74, 6) is 6.35. The second kappa shape index (κ2) is 18.9. The average Bonchev–Trinajstić information content (AvgIpc) is 3.08. The number of hydrogen-bond donors (Lipinski definition) is 2. The summed E-state index contributed by atoms with van der Waals surface area (Å²) >= 11 is 0. The Kier molecular flexibility index (Phi) is 10.6. The molecule has 394 valence electrons. The summed E-state index contributed by atoms with van der Waals surface area (Å²) in [4.78, 5) is 39.8. The number of nitrogens with zero attached hydrogens (tertiary/aromatic N) is 6. The first-order valence-corrected chi connectivity index (χ1v) is 27.6. The minimum Gasteiger partial charge on any atom is -0.457 e. The highest BCUT2D eigenvalue weighted by Gasteiger charge is 2.28. The van der Waals surface area contributed by atoms with Crippen molar-refractivity contribution < 1.29 is 18.9 Å². The Bertz CT molecular complexity index is 5110. The van der Waals surface area contributed by atoms with E-state index in [-0.39, 0.29) is 0 Å². The van der Waals surface area contributed by atoms with Gasteiger partial charge in [-0.25, -0.2) is 29.9 Å². The normalized spacial score (nSPS) is 11.8. The van der Waals surface area contributed by atoms with Gasteiger partial charge in [-0.1, -0.05) is 170 Å². The van der Waals surface area contributed by atoms with Crippen LogP contribution in [0.15, 0.2) is 243 Å². The smallest absolute Gasteiger partial charge is 0.168 e. The van der Waals surface area contributed by atoms with Gasteiger partial charge in [-0.2, -0.15) is 0 Å². The van der Waals surface area contributed by atoms with E-state index >= 15 is 0 Å². The molecule has 0 fully saturated rings. The van der Waals surface area contributed by atoms with Crippen LogP contribution in [0, 0.1) is 0 Å². The van der Waals surface area contributed by atoms with Gasteiger partial charge >= 0.3 is 0 Å². The van der Waals surface area contributed by atoms with Gasteiger partial charge < -0.3 is 28.9 Å². The van der Waals surface area contributed by atoms with Gasteiger partial charge in [-0.15, -0.1) is 0 Å². The molecule has 15 aromatic rings. The maximum Gasteiger partial charge on any atom is 0.168 e. The Morgan fingerprint density at radius 2 is 0.548 bits per heavy atom. The number of aromatic nitrogens is 8. The molecule has 0 radical (unpaired) electrons. The lowest BCUT2D eigenvalue weighted by molar-refractivity contribution is 0.485. The Morgan fingerprint density at radius 1 is 0.238 bits per heavy atom. The topological polar surface area (TPSA) is 146 Å². The van der Waals surface area contributed by atoms with Crippen molar-refractivity contribution in [1.29, 1.82) is 0 Å². The highest BCUT2D eigenvalue weighted by molar-refractivity contribution is 6.10. The summed E-state index contributed by atoms with van der Waals surface area (Å²) in [6, 6.07) is 80.7. The van der Waals surface area contributed by atoms with E-state index in [0.29, 0.717) is 125 Å². The molecule has 12 aromatic carbocycles. The van der Waals surface area contributed by atoms with Crippen LogP contribution in [0.4, 0.5) is 0 Å². The lowest BCUT2D eigenvalue weighted by Crippen LogP contribution is -1.90. The minimum atomic E-state index is 0.367. The molecule has 2 N–H and O–H groups in total. The van der Waals surface area contributed by atoms with E-state index in [1.807, 2.05) is 170 Å². The Morgan fingerprint density at radius 3 is 0.917 bits per heavy atom. The number of hydrogen-bond acceptors (Lipinski definition) is 10. The van der Waals surface area contributed by atoms with Crippen LogP contribution in [0.1, 0.15) is 0 Å². The Labute approximate surface area is 477 Å². The number of fused-ring (bicyclic) bond motifs is 24. The van der Waals surface area contributed by atoms with Crippen LogP contribution in [-0.4, -0.2) is 39.9 Å². The van der Waals surface area contributed by atoms with Crippen molar-refractivity contribution in [3.8, 4) is 91.5 Å². The molecule has 0 atom stereocenters. The molecule has 2 aliphatic heterocycles. The summed E-state index contributed by atoms with van der Waals surface area (Å²) in [5, 5.41) is 11.4. The second-order valence-corrected chi connectivity index (χ2v) is 20.8. The first-order chi connectivity index (χ1) is 41.5. The van der Waals surface area contributed by atoms with E-state index < -0.39 is 0 Å². The summed E-state index contributed by atoms with van der Waals surface area (Å²) < 4.78 is 27.5. The lowest BCUT2D eigenvalue weighted by atomic mass is 10.1. The Balaban J connectivity index is 0.945. The van der Waals surface area contributed by atoms with Crippen LogP contribution >= 0.6 is 0 Å². The number of H-pyrrole nitrogens is 2. The molecule has 2 aliphatic rings. The zero-order chi connectivity index (χ0) is 55.2. The predicted octanol–water partition coefficient (Wildman–Crippen LogP) is 18.7. The van der Waals surface area contributed by atoms with Crippen molar-refractivity contribution in [2.24, 2.45) is 0 Å². The van der Waals surface area contributed by atoms with E-state index in [9.17, 15) is 0 Å². The van der Waals surface area contributed by atoms with E-state index in [0.717, 1.165) is 53.9 Å². The maximum absolute atomic E-state index is 6.88. The number of nitrogens with one attached hydrogen (secondary N) is 2. The number of aromatic amines is 2. The van der Waals surface area contributed by atoms with Crippen LogP contribution in [-0.2, 0) is 0 Å². The summed E-state index contributed by atoms with van der Waals surface area (Å²) in [7, 11) is 0. The van der Waals surface area contributed by atoms with Gasteiger partial charge in [0, 0.05) is 21.9 Å². The second-order valence-electron chi connectivity index (χ2n) is 20.8. The van der Waals surface area contributed by atoms with Gasteiger partial charge in [-0.05, 0) is 116 Å². The highest BCUT2D eigenvalue weighted by Crippen LogP contribution is 2.47. The molecule has 8 bridgehead atoms. The van der Waals surface area contributed by atoms with E-state index in [4.69, 9.17) is 48.9 Å². The number of benzene rings is 12. The molecular formula is C72H42N8O4. The third-order valence-corrected chi connectivity index (χ3v) is 15.6. The molecule has 0 spiro atoms. The summed E-state index contributed by atoms with van der Waals surface area (Å²) in [6.45, 7) is 0. The maximum atomic E-state index is 6.88. The monoisotopic (exact) mass is 1080 g/mol. The molecule has 0 amide bonds. The minimum absolute atomic E-state index is 0.367. The third-order valence-electron chi connectivity index (χ3n) is 15.6. The predicted molar refractivity (Wildman–Crippen MR) is 332 cm³/mol. The van der Waals surface area contributed by atoms with Crippen LogP contribution in [0.5, 0.6) is 46.0 Å². The van der Waals surface area contributed by atoms with Gasteiger partial charge in [-0.3, -0.25) is 0 Å². The molecule has 0 saturated carbocycles. The third kappa shape index (κ3) is 8.07. The van der Waals surface area contributed by atoms with Crippen molar-refractivity contribution in [2.75, 3.05) is 0 Å². The lowest BCUT2D eigenvalue weighted by Gasteiger charge is -2.11. The first-order valence-electron chi connectivity index (χ1n) is 27.6. The SMILES string of the molecule is c1cc(Oc2ccc3ccccc3c2)c2c(c1)-c1nc-2nc2[nH]c(nc3nc(nc4[nH]c(n1)c1c(Oc5ccc6ccccc6c5)cccc41)-c1c(Oc4ccc5ccccc5c4)cccc1-3)c1c(Oc3ccc4ccccc4c3)cccc21. The Hall–Kier alpha value is -11.8. The largest absolute Gasteiger partial charge is 0.457 e. The molecule has 17 rings (SSSR count). The van der Waals surface area contributed by atoms with Gasteiger partial charge in [0.25, 0.3) is 0 Å². The number of ether oxygens (including phenoxy) is 4. The molecule has 0 unspecified atom stereocenters. The van der Waals surface area contributed by atoms with E-state index in [2.05, 4.69) is 82.8 Å². The quantitative estimate of drug-likeness (QED) is 0.151. The number of rotatable bonds is 8. The van der Waals surface area contributed by atoms with Gasteiger partial charge in [0.05, 0.1) is 21.9 Å². The zero-order valence-electron chi connectivity index (χ0n) is 44.4. The van der Waals surface area contributed by atoms with Crippen molar-refractivity contribution in [2.45, 2.75) is 0 Å². The molecule has 84 heavy (non-hydrogen) atoms. The van der Waals surface area contributed by atoms with Crippen LogP contribution in [0.2, 0.25) is 0 Å². The first kappa shape index (κ1) is 47.1. The van der Waals surface area contributed by atoms with Crippen molar-refractivity contribution >= 4 is 87.2 Å². The zero-order valence-corrected chi connectivity index (χ0v) is 44.4. The van der Waals surface area contributed by atoms with Crippen LogP contribution in [0.3, 0.4) is 0 Å². The molecule has 0 saturated heterocycles. The fraction of sp³-hybridized carbons (Fsp3) is 0. The standard InChI is InChI=1S/C72H42N8O4/c1-5-17-45-37-49(33-29-41(45)13-1)81-57-25-9-21-53-61(57)69-73-65(53)78-70-63-55(23-11-27-59(63)83-51-35-31-43-15-3-7-19-47(43)39-51)67(75-70)80-72-64-56(24-12-28-60(64)84-52-36-32-44-16-4-8-20-48(44)40-52)68(76-72)79-71-62-54(66(74-71)77-69)22-10-26-58(62)82-50-34-30-42-14-2-6-18-46(42)38-50/h1-40H,(H2,73,74,75,76,77,78,79,80). The summed E-state index contributed by atoms with van der Waals surface area (Å²) in [6.07, 6.45) is 0. The van der Waals surface area contributed by atoms with Crippen LogP contribution < -0.4 is 18.9 Å². The fourth-order valence-corrected chi connectivity index (χ4v) is 11.6. The van der Waals surface area contributed by atoms with Gasteiger partial charge in [0.15, 0.2) is 23.3 Å².